The van der Waals surface area contributed by atoms with Crippen LogP contribution < -0.4 is 0 Å². The Morgan fingerprint density at radius 3 is 2.29 bits per heavy atom. The molecule has 0 unspecified atom stereocenters. The van der Waals surface area contributed by atoms with Crippen molar-refractivity contribution in [2.24, 2.45) is 0 Å². The molecule has 0 atom stereocenters. The zero-order valence-corrected chi connectivity index (χ0v) is 8.34. The van der Waals surface area contributed by atoms with Gasteiger partial charge in [0.1, 0.15) is 5.82 Å². The van der Waals surface area contributed by atoms with Crippen LogP contribution in [0.4, 0.5) is 4.39 Å². The van der Waals surface area contributed by atoms with E-state index in [0.717, 1.165) is 5.56 Å². The predicted octanol–water partition coefficient (Wildman–Crippen LogP) is 3.78. The van der Waals surface area contributed by atoms with E-state index in [4.69, 9.17) is 0 Å². The highest BCUT2D eigenvalue weighted by molar-refractivity contribution is 7.80. The van der Waals surface area contributed by atoms with E-state index in [9.17, 15) is 4.39 Å². The van der Waals surface area contributed by atoms with Gasteiger partial charge < -0.3 is 0 Å². The summed E-state index contributed by atoms with van der Waals surface area (Å²) in [5.74, 6) is -0.233. The molecular formula is C12H9FS. The van der Waals surface area contributed by atoms with Gasteiger partial charge in [-0.25, -0.2) is 4.39 Å². The van der Waals surface area contributed by atoms with Crippen LogP contribution in [0, 0.1) is 5.82 Å². The van der Waals surface area contributed by atoms with Gasteiger partial charge in [0, 0.05) is 10.5 Å². The number of benzene rings is 2. The van der Waals surface area contributed by atoms with Crippen molar-refractivity contribution >= 4 is 12.6 Å². The van der Waals surface area contributed by atoms with E-state index in [2.05, 4.69) is 12.6 Å². The molecule has 0 aliphatic rings. The number of thiol groups is 1. The number of halogens is 1. The third-order valence-electron chi connectivity index (χ3n) is 2.04. The summed E-state index contributed by atoms with van der Waals surface area (Å²) in [4.78, 5) is 0.641. The molecule has 0 fully saturated rings. The summed E-state index contributed by atoms with van der Waals surface area (Å²) in [6.45, 7) is 0. The smallest absolute Gasteiger partial charge is 0.132 e. The van der Waals surface area contributed by atoms with Gasteiger partial charge in [-0.15, -0.1) is 12.6 Å². The Bertz CT molecular complexity index is 437. The summed E-state index contributed by atoms with van der Waals surface area (Å²) in [6.07, 6.45) is 0. The third kappa shape index (κ3) is 1.80. The molecular weight excluding hydrogens is 195 g/mol. The molecule has 0 spiro atoms. The van der Waals surface area contributed by atoms with Crippen LogP contribution in [-0.2, 0) is 0 Å². The lowest BCUT2D eigenvalue weighted by Gasteiger charge is -2.03. The Labute approximate surface area is 87.8 Å². The van der Waals surface area contributed by atoms with Gasteiger partial charge in [-0.05, 0) is 17.7 Å². The van der Waals surface area contributed by atoms with Crippen molar-refractivity contribution in [3.05, 3.63) is 54.3 Å². The maximum Gasteiger partial charge on any atom is 0.132 e. The molecule has 2 aromatic carbocycles. The average Bonchev–Trinajstić information content (AvgIpc) is 2.19. The van der Waals surface area contributed by atoms with Crippen molar-refractivity contribution in [2.75, 3.05) is 0 Å². The largest absolute Gasteiger partial charge is 0.206 e. The molecule has 2 rings (SSSR count). The van der Waals surface area contributed by atoms with E-state index in [1.807, 2.05) is 30.3 Å². The Hall–Kier alpha value is -1.28. The Morgan fingerprint density at radius 2 is 1.64 bits per heavy atom. The van der Waals surface area contributed by atoms with Gasteiger partial charge in [0.25, 0.3) is 0 Å². The molecule has 0 aliphatic carbocycles. The SMILES string of the molecule is Fc1cc(S)ccc1-c1ccccc1. The first kappa shape index (κ1) is 9.28. The second-order valence-corrected chi connectivity index (χ2v) is 3.55. The van der Waals surface area contributed by atoms with Crippen LogP contribution in [0.1, 0.15) is 0 Å². The molecule has 0 saturated carbocycles. The first-order valence-corrected chi connectivity index (χ1v) is 4.76. The summed E-state index contributed by atoms with van der Waals surface area (Å²) >= 11 is 4.07. The molecule has 70 valence electrons. The monoisotopic (exact) mass is 204 g/mol. The maximum absolute atomic E-state index is 13.5. The van der Waals surface area contributed by atoms with E-state index in [1.54, 1.807) is 12.1 Å². The van der Waals surface area contributed by atoms with Gasteiger partial charge in [0.05, 0.1) is 0 Å². The highest BCUT2D eigenvalue weighted by Gasteiger charge is 2.03. The maximum atomic E-state index is 13.5. The van der Waals surface area contributed by atoms with Crippen molar-refractivity contribution in [2.45, 2.75) is 4.90 Å². The fraction of sp³-hybridized carbons (Fsp3) is 0. The Balaban J connectivity index is 2.53. The summed E-state index contributed by atoms with van der Waals surface area (Å²) in [7, 11) is 0. The fourth-order valence-corrected chi connectivity index (χ4v) is 1.54. The van der Waals surface area contributed by atoms with E-state index in [-0.39, 0.29) is 5.82 Å². The first-order chi connectivity index (χ1) is 6.77. The summed E-state index contributed by atoms with van der Waals surface area (Å²) in [5, 5.41) is 0. The third-order valence-corrected chi connectivity index (χ3v) is 2.32. The Morgan fingerprint density at radius 1 is 0.929 bits per heavy atom. The zero-order chi connectivity index (χ0) is 9.97. The molecule has 0 N–H and O–H groups in total. The lowest BCUT2D eigenvalue weighted by Crippen LogP contribution is -1.83. The van der Waals surface area contributed by atoms with Crippen molar-refractivity contribution in [1.82, 2.24) is 0 Å². The standard InChI is InChI=1S/C12H9FS/c13-12-8-10(14)6-7-11(12)9-4-2-1-3-5-9/h1-8,14H. The minimum Gasteiger partial charge on any atom is -0.206 e. The summed E-state index contributed by atoms with van der Waals surface area (Å²) < 4.78 is 13.5. The average molecular weight is 204 g/mol. The van der Waals surface area contributed by atoms with Gasteiger partial charge in [-0.1, -0.05) is 36.4 Å². The van der Waals surface area contributed by atoms with Crippen LogP contribution in [0.15, 0.2) is 53.4 Å². The summed E-state index contributed by atoms with van der Waals surface area (Å²) in [6, 6.07) is 14.4. The number of hydrogen-bond acceptors (Lipinski definition) is 1. The topological polar surface area (TPSA) is 0 Å². The lowest BCUT2D eigenvalue weighted by atomic mass is 10.1. The van der Waals surface area contributed by atoms with Crippen molar-refractivity contribution < 1.29 is 4.39 Å². The van der Waals surface area contributed by atoms with Crippen LogP contribution in [0.2, 0.25) is 0 Å². The van der Waals surface area contributed by atoms with Crippen LogP contribution in [0.3, 0.4) is 0 Å². The molecule has 2 aromatic rings. The highest BCUT2D eigenvalue weighted by atomic mass is 32.1. The number of hydrogen-bond donors (Lipinski definition) is 1. The van der Waals surface area contributed by atoms with Crippen LogP contribution in [-0.4, -0.2) is 0 Å². The van der Waals surface area contributed by atoms with Gasteiger partial charge in [-0.2, -0.15) is 0 Å². The van der Waals surface area contributed by atoms with Gasteiger partial charge >= 0.3 is 0 Å². The van der Waals surface area contributed by atoms with E-state index in [1.165, 1.54) is 6.07 Å². The van der Waals surface area contributed by atoms with Crippen LogP contribution >= 0.6 is 12.6 Å². The summed E-state index contributed by atoms with van der Waals surface area (Å²) in [5.41, 5.74) is 1.50. The molecule has 0 heterocycles. The van der Waals surface area contributed by atoms with Crippen LogP contribution in [0.25, 0.3) is 11.1 Å². The van der Waals surface area contributed by atoms with E-state index in [0.29, 0.717) is 10.5 Å². The van der Waals surface area contributed by atoms with Crippen molar-refractivity contribution in [3.8, 4) is 11.1 Å². The number of rotatable bonds is 1. The molecule has 0 saturated heterocycles. The molecule has 0 aromatic heterocycles. The Kier molecular flexibility index (Phi) is 2.55. The quantitative estimate of drug-likeness (QED) is 0.671. The predicted molar refractivity (Wildman–Crippen MR) is 59.1 cm³/mol. The highest BCUT2D eigenvalue weighted by Crippen LogP contribution is 2.24. The van der Waals surface area contributed by atoms with Crippen molar-refractivity contribution in [1.29, 1.82) is 0 Å². The lowest BCUT2D eigenvalue weighted by molar-refractivity contribution is 0.628. The molecule has 14 heavy (non-hydrogen) atoms. The molecule has 0 bridgehead atoms. The second kappa shape index (κ2) is 3.84. The zero-order valence-electron chi connectivity index (χ0n) is 7.44. The van der Waals surface area contributed by atoms with E-state index < -0.39 is 0 Å². The molecule has 0 radical (unpaired) electrons. The normalized spacial score (nSPS) is 10.1. The van der Waals surface area contributed by atoms with Gasteiger partial charge in [0.15, 0.2) is 0 Å². The molecule has 0 nitrogen and oxygen atoms in total. The second-order valence-electron chi connectivity index (χ2n) is 3.03. The first-order valence-electron chi connectivity index (χ1n) is 4.31. The molecule has 0 amide bonds. The van der Waals surface area contributed by atoms with Crippen LogP contribution in [0.5, 0.6) is 0 Å². The van der Waals surface area contributed by atoms with Gasteiger partial charge in [-0.3, -0.25) is 0 Å². The van der Waals surface area contributed by atoms with Crippen molar-refractivity contribution in [3.63, 3.8) is 0 Å². The molecule has 2 heteroatoms. The van der Waals surface area contributed by atoms with Gasteiger partial charge in [0.2, 0.25) is 0 Å². The van der Waals surface area contributed by atoms with E-state index >= 15 is 0 Å². The molecule has 0 aliphatic heterocycles. The minimum atomic E-state index is -0.233. The fourth-order valence-electron chi connectivity index (χ4n) is 1.36. The minimum absolute atomic E-state index is 0.233.